The summed E-state index contributed by atoms with van der Waals surface area (Å²) in [7, 11) is 1.62. The van der Waals surface area contributed by atoms with Gasteiger partial charge in [-0.3, -0.25) is 24.0 Å². The molecule has 1 fully saturated rings. The lowest BCUT2D eigenvalue weighted by Crippen LogP contribution is -2.59. The zero-order valence-corrected chi connectivity index (χ0v) is 16.9. The molecule has 0 aliphatic heterocycles. The summed E-state index contributed by atoms with van der Waals surface area (Å²) in [6.07, 6.45) is 0. The number of nitrogens with zero attached hydrogens (tertiary/aromatic N) is 1. The second-order valence-corrected chi connectivity index (χ2v) is 9.11. The molecule has 0 unspecified atom stereocenters. The quantitative estimate of drug-likeness (QED) is 0.583. The smallest absolute Gasteiger partial charge is 0.301 e. The Bertz CT molecular complexity index is 1070. The van der Waals surface area contributed by atoms with Crippen molar-refractivity contribution in [2.45, 2.75) is 34.6 Å². The Labute approximate surface area is 160 Å². The van der Waals surface area contributed by atoms with Gasteiger partial charge in [0, 0.05) is 12.6 Å². The minimum Gasteiger partial charge on any atom is -0.301 e. The normalized spacial score (nSPS) is 19.7. The number of aryl methyl sites for hydroxylation is 2. The van der Waals surface area contributed by atoms with Gasteiger partial charge in [0.1, 0.15) is 5.92 Å². The van der Waals surface area contributed by atoms with Gasteiger partial charge in [-0.2, -0.15) is 0 Å². The fourth-order valence-corrected chi connectivity index (χ4v) is 4.87. The predicted molar refractivity (Wildman–Crippen MR) is 102 cm³/mol. The average molecular weight is 387 g/mol. The van der Waals surface area contributed by atoms with E-state index in [2.05, 4.69) is 0 Å². The van der Waals surface area contributed by atoms with Crippen molar-refractivity contribution in [3.05, 3.63) is 32.9 Å². The molecule has 2 aromatic rings. The second-order valence-electron chi connectivity index (χ2n) is 8.12. The summed E-state index contributed by atoms with van der Waals surface area (Å²) in [6.45, 7) is 7.55. The molecule has 6 nitrogen and oxygen atoms in total. The number of aromatic nitrogens is 1. The second kappa shape index (κ2) is 5.79. The first-order valence-electron chi connectivity index (χ1n) is 8.60. The van der Waals surface area contributed by atoms with Crippen LogP contribution in [0.2, 0.25) is 0 Å². The van der Waals surface area contributed by atoms with E-state index in [-0.39, 0.29) is 10.4 Å². The molecule has 3 rings (SSSR count). The molecule has 27 heavy (non-hydrogen) atoms. The summed E-state index contributed by atoms with van der Waals surface area (Å²) in [5, 5.41) is 0. The van der Waals surface area contributed by atoms with E-state index in [1.807, 2.05) is 0 Å². The molecule has 0 amide bonds. The van der Waals surface area contributed by atoms with Crippen LogP contribution in [-0.4, -0.2) is 27.7 Å². The molecule has 0 bridgehead atoms. The van der Waals surface area contributed by atoms with E-state index in [1.165, 1.54) is 32.3 Å². The average Bonchev–Trinajstić information content (AvgIpc) is 2.88. The molecule has 0 saturated heterocycles. The van der Waals surface area contributed by atoms with Crippen LogP contribution in [0.4, 0.5) is 0 Å². The lowest BCUT2D eigenvalue weighted by Gasteiger charge is -2.40. The van der Waals surface area contributed by atoms with Gasteiger partial charge in [0.15, 0.2) is 23.1 Å². The van der Waals surface area contributed by atoms with Crippen molar-refractivity contribution in [2.24, 2.45) is 23.8 Å². The van der Waals surface area contributed by atoms with Gasteiger partial charge < -0.3 is 4.57 Å². The molecule has 0 radical (unpaired) electrons. The molecule has 7 heteroatoms. The predicted octanol–water partition coefficient (Wildman–Crippen LogP) is 2.48. The molecule has 1 aromatic carbocycles. The molecule has 0 spiro atoms. The van der Waals surface area contributed by atoms with Crippen molar-refractivity contribution in [1.82, 2.24) is 4.57 Å². The van der Waals surface area contributed by atoms with Gasteiger partial charge in [-0.25, -0.2) is 0 Å². The molecular weight excluding hydrogens is 366 g/mol. The molecule has 1 heterocycles. The lowest BCUT2D eigenvalue weighted by molar-refractivity contribution is -0.158. The van der Waals surface area contributed by atoms with Crippen LogP contribution < -0.4 is 4.87 Å². The number of Topliss-reactive ketones (excluding diaryl/α,β-unsaturated/α-hetero) is 4. The number of benzene rings is 1. The monoisotopic (exact) mass is 387 g/mol. The molecule has 1 aromatic heterocycles. The van der Waals surface area contributed by atoms with Crippen LogP contribution in [0.1, 0.15) is 43.6 Å². The van der Waals surface area contributed by atoms with Crippen molar-refractivity contribution in [3.63, 3.8) is 0 Å². The summed E-state index contributed by atoms with van der Waals surface area (Å²) < 4.78 is 2.18. The highest BCUT2D eigenvalue weighted by atomic mass is 32.1. The molecule has 1 aliphatic carbocycles. The van der Waals surface area contributed by atoms with Crippen LogP contribution in [0.5, 0.6) is 0 Å². The van der Waals surface area contributed by atoms with Crippen molar-refractivity contribution in [2.75, 3.05) is 0 Å². The van der Waals surface area contributed by atoms with E-state index in [0.717, 1.165) is 16.0 Å². The zero-order valence-electron chi connectivity index (χ0n) is 16.1. The van der Waals surface area contributed by atoms with Crippen LogP contribution in [0.3, 0.4) is 0 Å². The van der Waals surface area contributed by atoms with E-state index >= 15 is 0 Å². The summed E-state index contributed by atoms with van der Waals surface area (Å²) >= 11 is 1.07. The van der Waals surface area contributed by atoms with E-state index in [9.17, 15) is 24.0 Å². The van der Waals surface area contributed by atoms with E-state index < -0.39 is 39.9 Å². The molecular formula is C20H21NO5S. The van der Waals surface area contributed by atoms with Crippen LogP contribution in [0, 0.1) is 23.7 Å². The van der Waals surface area contributed by atoms with E-state index in [4.69, 9.17) is 0 Å². The Kier molecular flexibility index (Phi) is 4.15. The van der Waals surface area contributed by atoms with Crippen molar-refractivity contribution in [1.29, 1.82) is 0 Å². The van der Waals surface area contributed by atoms with E-state index in [1.54, 1.807) is 26.1 Å². The Balaban J connectivity index is 2.19. The summed E-state index contributed by atoms with van der Waals surface area (Å²) in [6, 6.07) is 3.20. The van der Waals surface area contributed by atoms with Gasteiger partial charge in [0.05, 0.1) is 21.0 Å². The fourth-order valence-electron chi connectivity index (χ4n) is 3.93. The number of thiazole rings is 1. The van der Waals surface area contributed by atoms with Crippen molar-refractivity contribution in [3.8, 4) is 0 Å². The molecule has 142 valence electrons. The minimum absolute atomic E-state index is 0.157. The van der Waals surface area contributed by atoms with Crippen LogP contribution in [-0.2, 0) is 21.4 Å². The van der Waals surface area contributed by atoms with Crippen molar-refractivity contribution >= 4 is 44.7 Å². The van der Waals surface area contributed by atoms with Gasteiger partial charge in [-0.15, -0.1) is 0 Å². The van der Waals surface area contributed by atoms with E-state index in [0.29, 0.717) is 11.1 Å². The first-order valence-corrected chi connectivity index (χ1v) is 9.42. The minimum atomic E-state index is -1.51. The van der Waals surface area contributed by atoms with Gasteiger partial charge in [0.25, 0.3) is 0 Å². The first kappa shape index (κ1) is 19.4. The highest BCUT2D eigenvalue weighted by Crippen LogP contribution is 2.42. The first-order chi connectivity index (χ1) is 12.3. The van der Waals surface area contributed by atoms with Crippen LogP contribution in [0.15, 0.2) is 16.9 Å². The Morgan fingerprint density at radius 2 is 1.52 bits per heavy atom. The summed E-state index contributed by atoms with van der Waals surface area (Å²) in [5.74, 6) is -3.93. The molecule has 0 N–H and O–H groups in total. The van der Waals surface area contributed by atoms with Gasteiger partial charge in [0.2, 0.25) is 0 Å². The Hall–Kier alpha value is -2.41. The lowest BCUT2D eigenvalue weighted by atomic mass is 9.57. The summed E-state index contributed by atoms with van der Waals surface area (Å²) in [5.41, 5.74) is -1.44. The van der Waals surface area contributed by atoms with Gasteiger partial charge >= 0.3 is 4.87 Å². The topological polar surface area (TPSA) is 90.3 Å². The standard InChI is InChI=1S/C20H21NO5S/c1-9-10(7-8-11-13(9)21(6)18(26)27-11)14(22)12-15(23)19(2,3)17(25)20(4,5)16(12)24/h7-8,12H,1-6H3. The maximum absolute atomic E-state index is 13.2. The number of ketones is 4. The molecule has 1 aliphatic rings. The summed E-state index contributed by atoms with van der Waals surface area (Å²) in [4.78, 5) is 63.4. The third-order valence-corrected chi connectivity index (χ3v) is 6.62. The Morgan fingerprint density at radius 1 is 1.00 bits per heavy atom. The zero-order chi connectivity index (χ0) is 20.5. The van der Waals surface area contributed by atoms with Crippen LogP contribution >= 0.6 is 11.3 Å². The number of hydrogen-bond acceptors (Lipinski definition) is 6. The SMILES string of the molecule is Cc1c(C(=O)C2C(=O)C(C)(C)C(=O)C(C)(C)C2=O)ccc2sc(=O)n(C)c12. The number of carbonyl (C=O) groups excluding carboxylic acids is 4. The van der Waals surface area contributed by atoms with Crippen molar-refractivity contribution < 1.29 is 19.2 Å². The third kappa shape index (κ3) is 2.48. The van der Waals surface area contributed by atoms with Gasteiger partial charge in [-0.1, -0.05) is 11.3 Å². The highest BCUT2D eigenvalue weighted by molar-refractivity contribution is 7.16. The number of carbonyl (C=O) groups is 4. The Morgan fingerprint density at radius 3 is 2.04 bits per heavy atom. The molecule has 1 saturated carbocycles. The number of hydrogen-bond donors (Lipinski definition) is 0. The van der Waals surface area contributed by atoms with Gasteiger partial charge in [-0.05, 0) is 52.3 Å². The maximum Gasteiger partial charge on any atom is 0.307 e. The highest BCUT2D eigenvalue weighted by Gasteiger charge is 2.60. The fraction of sp³-hybridized carbons (Fsp3) is 0.450. The number of rotatable bonds is 2. The number of fused-ring (bicyclic) bond motifs is 1. The maximum atomic E-state index is 13.2. The third-order valence-electron chi connectivity index (χ3n) is 5.62. The molecule has 0 atom stereocenters. The van der Waals surface area contributed by atoms with Crippen LogP contribution in [0.25, 0.3) is 10.2 Å². The largest absolute Gasteiger partial charge is 0.307 e.